The number of aromatic hydroxyl groups is 1. The number of carbonyl (C=O) groups excluding carboxylic acids is 1. The number of nitrogens with one attached hydrogen (secondary N) is 1. The first-order chi connectivity index (χ1) is 24.3. The van der Waals surface area contributed by atoms with E-state index in [0.717, 1.165) is 25.3 Å². The minimum absolute atomic E-state index is 0.0231. The smallest absolute Gasteiger partial charge is 0.327 e. The number of thiol groups is 1. The molecule has 0 aliphatic heterocycles. The van der Waals surface area contributed by atoms with Crippen LogP contribution in [0.5, 0.6) is 5.75 Å². The van der Waals surface area contributed by atoms with Crippen molar-refractivity contribution < 1.29 is 79.2 Å². The van der Waals surface area contributed by atoms with Crippen molar-refractivity contribution in [3.05, 3.63) is 29.8 Å². The van der Waals surface area contributed by atoms with Crippen LogP contribution in [0, 0.1) is 0 Å². The number of carboxylic acids is 7. The highest BCUT2D eigenvalue weighted by Crippen LogP contribution is 2.10. The summed E-state index contributed by atoms with van der Waals surface area (Å²) in [6, 6.07) is 2.04. The molecule has 5 atom stereocenters. The number of phenolic OH excluding ortho intramolecular Hbond substituents is 1. The second-order valence-corrected chi connectivity index (χ2v) is 10.7. The molecule has 0 bridgehead atoms. The van der Waals surface area contributed by atoms with Gasteiger partial charge in [0.2, 0.25) is 5.91 Å². The normalized spacial score (nSPS) is 12.2. The zero-order valence-electron chi connectivity index (χ0n) is 29.5. The van der Waals surface area contributed by atoms with E-state index in [1.54, 1.807) is 12.1 Å². The van der Waals surface area contributed by atoms with Gasteiger partial charge in [-0.25, -0.2) is 4.79 Å². The van der Waals surface area contributed by atoms with E-state index in [2.05, 4.69) is 17.9 Å². The van der Waals surface area contributed by atoms with Crippen LogP contribution in [0.25, 0.3) is 0 Å². The second kappa shape index (κ2) is 35.3. The molecular weight excluding hydrogens is 732 g/mol. The Bertz CT molecular complexity index is 1230. The van der Waals surface area contributed by atoms with Gasteiger partial charge in [-0.1, -0.05) is 18.6 Å². The fraction of sp³-hybridized carbons (Fsp3) is 0.533. The van der Waals surface area contributed by atoms with Gasteiger partial charge in [0, 0.05) is 26.0 Å². The van der Waals surface area contributed by atoms with Gasteiger partial charge in [0.05, 0.1) is 0 Å². The van der Waals surface area contributed by atoms with Crippen molar-refractivity contribution in [1.29, 1.82) is 0 Å². The summed E-state index contributed by atoms with van der Waals surface area (Å²) in [5.41, 5.74) is 26.4. The average molecular weight is 787 g/mol. The molecular formula is C30H54N6O16S. The fourth-order valence-electron chi connectivity index (χ4n) is 2.44. The van der Waals surface area contributed by atoms with Crippen molar-refractivity contribution in [2.45, 2.75) is 89.5 Å². The van der Waals surface area contributed by atoms with Crippen LogP contribution in [-0.2, 0) is 44.8 Å². The van der Waals surface area contributed by atoms with E-state index < -0.39 is 72.0 Å². The van der Waals surface area contributed by atoms with E-state index in [4.69, 9.17) is 74.3 Å². The Morgan fingerprint density at radius 1 is 0.679 bits per heavy atom. The van der Waals surface area contributed by atoms with E-state index in [0.29, 0.717) is 13.0 Å². The largest absolute Gasteiger partial charge is 0.508 e. The summed E-state index contributed by atoms with van der Waals surface area (Å²) in [5.74, 6) is -7.10. The number of amides is 1. The predicted octanol–water partition coefficient (Wildman–Crippen LogP) is -1.85. The Morgan fingerprint density at radius 2 is 1.08 bits per heavy atom. The van der Waals surface area contributed by atoms with Gasteiger partial charge >= 0.3 is 35.8 Å². The number of phenols is 1. The van der Waals surface area contributed by atoms with Crippen molar-refractivity contribution in [2.24, 2.45) is 28.7 Å². The van der Waals surface area contributed by atoms with Crippen LogP contribution in [-0.4, -0.2) is 131 Å². The maximum atomic E-state index is 10.4. The molecule has 0 radical (unpaired) electrons. The summed E-state index contributed by atoms with van der Waals surface area (Å²) in [7, 11) is 0. The Labute approximate surface area is 310 Å². The summed E-state index contributed by atoms with van der Waals surface area (Å²) < 4.78 is 0. The number of rotatable bonds is 16. The molecule has 0 fully saturated rings. The number of carbonyl (C=O) groups is 8. The lowest BCUT2D eigenvalue weighted by Crippen LogP contribution is -2.40. The average Bonchev–Trinajstić information content (AvgIpc) is 3.04. The lowest BCUT2D eigenvalue weighted by Gasteiger charge is -2.08. The number of hydrogen-bond donors (Lipinski definition) is 15. The number of nitrogens with two attached hydrogens (primary N) is 5. The topological polar surface area (TPSA) is 441 Å². The molecule has 1 aromatic carbocycles. The van der Waals surface area contributed by atoms with Crippen LogP contribution >= 0.6 is 12.6 Å². The summed E-state index contributed by atoms with van der Waals surface area (Å²) >= 11 is 3.73. The minimum Gasteiger partial charge on any atom is -0.508 e. The summed E-state index contributed by atoms with van der Waals surface area (Å²) in [4.78, 5) is 79.5. The first-order valence-electron chi connectivity index (χ1n) is 15.2. The zero-order valence-corrected chi connectivity index (χ0v) is 30.4. The van der Waals surface area contributed by atoms with Crippen molar-refractivity contribution in [2.75, 3.05) is 12.3 Å². The van der Waals surface area contributed by atoms with Gasteiger partial charge in [0.1, 0.15) is 36.0 Å². The molecule has 0 saturated carbocycles. The summed E-state index contributed by atoms with van der Waals surface area (Å²) in [6.07, 6.45) is 2.21. The standard InChI is InChI=1S/C9H11NO3.C6H14N2O2.C5H9NO4.C5H9NO3S.C3H7NO2.C2H4O2/c10-8(9(12)13)5-6-1-3-7(11)4-2-6;7-4-2-1-3-5(8)6(9)10;6-3(5(9)10)1-2-4(7)8;1-3(7)6-4(2-10)5(8)9;1-2(4)3(5)6;1-2(3)4/h1-4,8,11H,5,10H2,(H,12,13);5H,1-4,7-8H2,(H,9,10);3H,1-2,6H2,(H,7,8)(H,9,10);4,10H,2H2,1H3,(H,6,7)(H,8,9);2H,4H2,1H3,(H,5,6);1H3,(H,3,4)/t8-;5-;3-;4-;2-;/m00000./s1. The number of carboxylic acid groups (broad SMARTS) is 7. The second-order valence-electron chi connectivity index (χ2n) is 10.3. The Morgan fingerprint density at radius 3 is 1.34 bits per heavy atom. The molecule has 1 rings (SSSR count). The third-order valence-electron chi connectivity index (χ3n) is 5.23. The Balaban J connectivity index is -0.000000179. The van der Waals surface area contributed by atoms with Gasteiger partial charge in [0.15, 0.2) is 0 Å². The molecule has 0 saturated heterocycles. The summed E-state index contributed by atoms with van der Waals surface area (Å²) in [5, 5.41) is 67.9. The molecule has 1 amide bonds. The molecule has 53 heavy (non-hydrogen) atoms. The van der Waals surface area contributed by atoms with E-state index in [1.807, 2.05) is 0 Å². The van der Waals surface area contributed by atoms with Crippen LogP contribution in [0.15, 0.2) is 24.3 Å². The van der Waals surface area contributed by atoms with Crippen LogP contribution < -0.4 is 34.0 Å². The number of hydrogen-bond acceptors (Lipinski definition) is 15. The van der Waals surface area contributed by atoms with Gasteiger partial charge in [-0.05, 0) is 56.8 Å². The van der Waals surface area contributed by atoms with Gasteiger partial charge in [0.25, 0.3) is 5.97 Å². The molecule has 1 aromatic rings. The molecule has 306 valence electrons. The molecule has 23 heteroatoms. The van der Waals surface area contributed by atoms with E-state index >= 15 is 0 Å². The lowest BCUT2D eigenvalue weighted by molar-refractivity contribution is -0.141. The maximum Gasteiger partial charge on any atom is 0.327 e. The molecule has 22 nitrogen and oxygen atoms in total. The number of aliphatic carboxylic acids is 7. The summed E-state index contributed by atoms with van der Waals surface area (Å²) in [6.45, 7) is 4.37. The monoisotopic (exact) mass is 786 g/mol. The van der Waals surface area contributed by atoms with Crippen molar-refractivity contribution >= 4 is 60.3 Å². The third kappa shape index (κ3) is 46.9. The highest BCUT2D eigenvalue weighted by atomic mass is 32.1. The third-order valence-corrected chi connectivity index (χ3v) is 5.59. The molecule has 0 aliphatic carbocycles. The van der Waals surface area contributed by atoms with Gasteiger partial charge in [-0.15, -0.1) is 0 Å². The first-order valence-corrected chi connectivity index (χ1v) is 15.8. The molecule has 0 unspecified atom stereocenters. The van der Waals surface area contributed by atoms with E-state index in [1.165, 1.54) is 26.0 Å². The van der Waals surface area contributed by atoms with Gasteiger partial charge in [-0.2, -0.15) is 12.6 Å². The molecule has 0 heterocycles. The minimum atomic E-state index is -1.17. The SMILES string of the molecule is CC(=O)N[C@@H](CS)C(=O)O.CC(=O)O.C[C@H](N)C(=O)O.NCCCC[C@H](N)C(=O)O.N[C@@H](CCC(=O)O)C(=O)O.N[C@@H](Cc1ccc(O)cc1)C(=O)O. The van der Waals surface area contributed by atoms with Gasteiger partial charge < -0.3 is 74.8 Å². The van der Waals surface area contributed by atoms with Crippen LogP contribution in [0.4, 0.5) is 0 Å². The Kier molecular flexibility index (Phi) is 38.2. The van der Waals surface area contributed by atoms with Crippen molar-refractivity contribution in [3.8, 4) is 5.75 Å². The highest BCUT2D eigenvalue weighted by molar-refractivity contribution is 7.80. The Hall–Kier alpha value is -5.07. The molecule has 0 spiro atoms. The quantitative estimate of drug-likeness (QED) is 0.0646. The molecule has 0 aliphatic rings. The lowest BCUT2D eigenvalue weighted by atomic mass is 10.1. The van der Waals surface area contributed by atoms with E-state index in [9.17, 15) is 33.6 Å². The van der Waals surface area contributed by atoms with Crippen LogP contribution in [0.3, 0.4) is 0 Å². The van der Waals surface area contributed by atoms with E-state index in [-0.39, 0.29) is 36.7 Å². The molecule has 19 N–H and O–H groups in total. The first kappa shape index (κ1) is 57.3. The number of unbranched alkanes of at least 4 members (excludes halogenated alkanes) is 1. The van der Waals surface area contributed by atoms with Crippen molar-refractivity contribution in [1.82, 2.24) is 5.32 Å². The van der Waals surface area contributed by atoms with Crippen LogP contribution in [0.1, 0.15) is 58.4 Å². The fourth-order valence-corrected chi connectivity index (χ4v) is 2.69. The maximum absolute atomic E-state index is 10.4. The predicted molar refractivity (Wildman–Crippen MR) is 192 cm³/mol. The van der Waals surface area contributed by atoms with Crippen molar-refractivity contribution in [3.63, 3.8) is 0 Å². The van der Waals surface area contributed by atoms with Crippen LogP contribution in [0.2, 0.25) is 0 Å². The zero-order chi connectivity index (χ0) is 42.9. The molecule has 0 aromatic heterocycles. The van der Waals surface area contributed by atoms with Gasteiger partial charge in [-0.3, -0.25) is 33.6 Å². The highest BCUT2D eigenvalue weighted by Gasteiger charge is 2.15. The number of benzene rings is 1.